The lowest BCUT2D eigenvalue weighted by Crippen LogP contribution is -2.28. The van der Waals surface area contributed by atoms with Crippen molar-refractivity contribution in [1.82, 2.24) is 4.72 Å². The molecule has 24 heavy (non-hydrogen) atoms. The Hall–Kier alpha value is -2.18. The largest absolute Gasteiger partial charge is 0.465 e. The zero-order valence-corrected chi connectivity index (χ0v) is 14.8. The summed E-state index contributed by atoms with van der Waals surface area (Å²) in [7, 11) is -2.19. The molecule has 0 saturated heterocycles. The molecule has 6 heteroatoms. The predicted molar refractivity (Wildman–Crippen MR) is 93.1 cm³/mol. The Balaban J connectivity index is 2.05. The first-order chi connectivity index (χ1) is 11.3. The van der Waals surface area contributed by atoms with E-state index in [1.54, 1.807) is 24.3 Å². The van der Waals surface area contributed by atoms with Gasteiger partial charge >= 0.3 is 5.97 Å². The van der Waals surface area contributed by atoms with Gasteiger partial charge in [-0.15, -0.1) is 0 Å². The van der Waals surface area contributed by atoms with Gasteiger partial charge in [-0.25, -0.2) is 17.9 Å². The van der Waals surface area contributed by atoms with Crippen LogP contribution in [-0.4, -0.2) is 21.5 Å². The number of ether oxygens (including phenoxy) is 1. The van der Waals surface area contributed by atoms with Gasteiger partial charge in [-0.3, -0.25) is 0 Å². The molecule has 0 aliphatic heterocycles. The topological polar surface area (TPSA) is 72.5 Å². The van der Waals surface area contributed by atoms with E-state index in [-0.39, 0.29) is 11.8 Å². The van der Waals surface area contributed by atoms with E-state index in [1.807, 2.05) is 38.1 Å². The lowest BCUT2D eigenvalue weighted by Gasteiger charge is -2.15. The fourth-order valence-corrected chi connectivity index (χ4v) is 3.70. The van der Waals surface area contributed by atoms with Gasteiger partial charge in [0.2, 0.25) is 10.0 Å². The van der Waals surface area contributed by atoms with Crippen molar-refractivity contribution >= 4 is 16.0 Å². The number of nitrogens with one attached hydrogen (secondary N) is 1. The molecule has 0 spiro atoms. The smallest absolute Gasteiger partial charge is 0.337 e. The Morgan fingerprint density at radius 1 is 1.08 bits per heavy atom. The maximum atomic E-state index is 12.3. The van der Waals surface area contributed by atoms with Crippen LogP contribution in [0.2, 0.25) is 0 Å². The number of benzene rings is 2. The number of carbonyl (C=O) groups excluding carboxylic acids is 1. The van der Waals surface area contributed by atoms with Gasteiger partial charge in [0, 0.05) is 6.04 Å². The Kier molecular flexibility index (Phi) is 5.75. The van der Waals surface area contributed by atoms with Crippen molar-refractivity contribution in [2.45, 2.75) is 25.6 Å². The van der Waals surface area contributed by atoms with Crippen LogP contribution in [0, 0.1) is 6.92 Å². The number of esters is 1. The van der Waals surface area contributed by atoms with Crippen LogP contribution < -0.4 is 4.72 Å². The van der Waals surface area contributed by atoms with Crippen LogP contribution in [0.1, 0.15) is 40.0 Å². The van der Waals surface area contributed by atoms with Crippen LogP contribution >= 0.6 is 0 Å². The van der Waals surface area contributed by atoms with Crippen molar-refractivity contribution in [1.29, 1.82) is 0 Å². The van der Waals surface area contributed by atoms with Gasteiger partial charge in [-0.2, -0.15) is 0 Å². The Labute approximate surface area is 142 Å². The van der Waals surface area contributed by atoms with Gasteiger partial charge in [0.25, 0.3) is 0 Å². The van der Waals surface area contributed by atoms with E-state index in [4.69, 9.17) is 0 Å². The fourth-order valence-electron chi connectivity index (χ4n) is 2.31. The molecule has 0 saturated carbocycles. The molecule has 0 aliphatic rings. The third-order valence-electron chi connectivity index (χ3n) is 3.67. The highest BCUT2D eigenvalue weighted by molar-refractivity contribution is 7.88. The van der Waals surface area contributed by atoms with Crippen molar-refractivity contribution < 1.29 is 17.9 Å². The SMILES string of the molecule is COC(=O)c1ccc(CS(=O)(=O)NC(C)c2ccc(C)cc2)cc1. The molecule has 5 nitrogen and oxygen atoms in total. The molecule has 0 heterocycles. The molecular formula is C18H21NO4S. The predicted octanol–water partition coefficient (Wildman–Crippen LogP) is 2.96. The second-order valence-corrected chi connectivity index (χ2v) is 7.45. The zero-order chi connectivity index (χ0) is 17.7. The van der Waals surface area contributed by atoms with E-state index in [0.29, 0.717) is 11.1 Å². The summed E-state index contributed by atoms with van der Waals surface area (Å²) in [6.07, 6.45) is 0. The van der Waals surface area contributed by atoms with E-state index in [1.165, 1.54) is 7.11 Å². The summed E-state index contributed by atoms with van der Waals surface area (Å²) in [6, 6.07) is 13.7. The van der Waals surface area contributed by atoms with Crippen molar-refractivity contribution in [3.8, 4) is 0 Å². The first kappa shape index (κ1) is 18.2. The minimum absolute atomic E-state index is 0.148. The molecule has 128 valence electrons. The minimum atomic E-state index is -3.50. The molecule has 0 amide bonds. The van der Waals surface area contributed by atoms with Crippen molar-refractivity contribution in [2.75, 3.05) is 7.11 Å². The number of methoxy groups -OCH3 is 1. The number of rotatable bonds is 6. The molecule has 0 fully saturated rings. The van der Waals surface area contributed by atoms with Gasteiger partial charge in [0.05, 0.1) is 18.4 Å². The van der Waals surface area contributed by atoms with Crippen molar-refractivity contribution in [3.05, 3.63) is 70.8 Å². The molecule has 0 aliphatic carbocycles. The maximum absolute atomic E-state index is 12.3. The van der Waals surface area contributed by atoms with E-state index < -0.39 is 16.0 Å². The molecular weight excluding hydrogens is 326 g/mol. The van der Waals surface area contributed by atoms with Gasteiger partial charge in [0.1, 0.15) is 0 Å². The molecule has 1 atom stereocenters. The van der Waals surface area contributed by atoms with Gasteiger partial charge < -0.3 is 4.74 Å². The standard InChI is InChI=1S/C18H21NO4S/c1-13-4-8-16(9-5-13)14(2)19-24(21,22)12-15-6-10-17(11-7-15)18(20)23-3/h4-11,14,19H,12H2,1-3H3. The normalized spacial score (nSPS) is 12.6. The van der Waals surface area contributed by atoms with Crippen LogP contribution in [0.3, 0.4) is 0 Å². The van der Waals surface area contributed by atoms with Gasteiger partial charge in [-0.1, -0.05) is 42.0 Å². The number of hydrogen-bond donors (Lipinski definition) is 1. The molecule has 0 aromatic heterocycles. The summed E-state index contributed by atoms with van der Waals surface area (Å²) in [5, 5.41) is 0. The first-order valence-electron chi connectivity index (χ1n) is 7.54. The second-order valence-electron chi connectivity index (χ2n) is 5.70. The molecule has 2 rings (SSSR count). The second kappa shape index (κ2) is 7.59. The molecule has 0 radical (unpaired) electrons. The molecule has 2 aromatic rings. The quantitative estimate of drug-likeness (QED) is 0.816. The summed E-state index contributed by atoms with van der Waals surface area (Å²) >= 11 is 0. The van der Waals surface area contributed by atoms with Gasteiger partial charge in [-0.05, 0) is 37.1 Å². The highest BCUT2D eigenvalue weighted by Gasteiger charge is 2.17. The lowest BCUT2D eigenvalue weighted by atomic mass is 10.1. The van der Waals surface area contributed by atoms with Crippen LogP contribution in [0.25, 0.3) is 0 Å². The Morgan fingerprint density at radius 2 is 1.67 bits per heavy atom. The van der Waals surface area contributed by atoms with E-state index in [2.05, 4.69) is 9.46 Å². The van der Waals surface area contributed by atoms with Crippen LogP contribution in [-0.2, 0) is 20.5 Å². The summed E-state index contributed by atoms with van der Waals surface area (Å²) in [4.78, 5) is 11.4. The van der Waals surface area contributed by atoms with Crippen molar-refractivity contribution in [2.24, 2.45) is 0 Å². The lowest BCUT2D eigenvalue weighted by molar-refractivity contribution is 0.0600. The first-order valence-corrected chi connectivity index (χ1v) is 9.20. The third-order valence-corrected chi connectivity index (χ3v) is 5.09. The zero-order valence-electron chi connectivity index (χ0n) is 13.9. The Bertz CT molecular complexity index is 796. The Morgan fingerprint density at radius 3 is 2.21 bits per heavy atom. The summed E-state index contributed by atoms with van der Waals surface area (Å²) in [6.45, 7) is 3.79. The summed E-state index contributed by atoms with van der Waals surface area (Å²) in [5.41, 5.74) is 3.02. The monoisotopic (exact) mass is 347 g/mol. The minimum Gasteiger partial charge on any atom is -0.465 e. The average Bonchev–Trinajstić information content (AvgIpc) is 2.54. The molecule has 2 aromatic carbocycles. The number of carbonyl (C=O) groups is 1. The summed E-state index contributed by atoms with van der Waals surface area (Å²) in [5.74, 6) is -0.597. The fraction of sp³-hybridized carbons (Fsp3) is 0.278. The average molecular weight is 347 g/mol. The number of sulfonamides is 1. The molecule has 1 N–H and O–H groups in total. The van der Waals surface area contributed by atoms with Gasteiger partial charge in [0.15, 0.2) is 0 Å². The van der Waals surface area contributed by atoms with Crippen LogP contribution in [0.5, 0.6) is 0 Å². The molecule has 0 bridgehead atoms. The van der Waals surface area contributed by atoms with Crippen LogP contribution in [0.15, 0.2) is 48.5 Å². The number of hydrogen-bond acceptors (Lipinski definition) is 4. The third kappa shape index (κ3) is 4.91. The van der Waals surface area contributed by atoms with Crippen LogP contribution in [0.4, 0.5) is 0 Å². The number of aryl methyl sites for hydroxylation is 1. The maximum Gasteiger partial charge on any atom is 0.337 e. The summed E-state index contributed by atoms with van der Waals surface area (Å²) < 4.78 is 31.9. The van der Waals surface area contributed by atoms with Crippen molar-refractivity contribution in [3.63, 3.8) is 0 Å². The van der Waals surface area contributed by atoms with E-state index in [9.17, 15) is 13.2 Å². The van der Waals surface area contributed by atoms with E-state index >= 15 is 0 Å². The highest BCUT2D eigenvalue weighted by atomic mass is 32.2. The molecule has 1 unspecified atom stereocenters. The highest BCUT2D eigenvalue weighted by Crippen LogP contribution is 2.16. The van der Waals surface area contributed by atoms with E-state index in [0.717, 1.165) is 11.1 Å².